The van der Waals surface area contributed by atoms with Crippen molar-refractivity contribution in [3.05, 3.63) is 17.8 Å². The Labute approximate surface area is 96.5 Å². The van der Waals surface area contributed by atoms with Crippen molar-refractivity contribution in [2.45, 2.75) is 33.2 Å². The molecule has 0 atom stereocenters. The highest BCUT2D eigenvalue weighted by Gasteiger charge is 2.18. The highest BCUT2D eigenvalue weighted by atomic mass is 32.2. The molecule has 0 spiro atoms. The second-order valence-electron chi connectivity index (χ2n) is 4.00. The summed E-state index contributed by atoms with van der Waals surface area (Å²) in [6.07, 6.45) is 2.83. The van der Waals surface area contributed by atoms with Crippen molar-refractivity contribution in [1.29, 1.82) is 0 Å². The van der Waals surface area contributed by atoms with Gasteiger partial charge in [0, 0.05) is 12.5 Å². The van der Waals surface area contributed by atoms with Crippen LogP contribution in [0.1, 0.15) is 38.3 Å². The SMILES string of the molecule is CCN(Cc1ncc(C(C)C)o1)S(C)(=O)=O. The molecule has 5 nitrogen and oxygen atoms in total. The molecule has 1 rings (SSSR count). The van der Waals surface area contributed by atoms with Crippen LogP contribution < -0.4 is 0 Å². The molecule has 0 fully saturated rings. The first-order chi connectivity index (χ1) is 7.34. The third-order valence-electron chi connectivity index (χ3n) is 2.27. The fourth-order valence-electron chi connectivity index (χ4n) is 1.28. The fraction of sp³-hybridized carbons (Fsp3) is 0.700. The number of hydrogen-bond acceptors (Lipinski definition) is 4. The number of aromatic nitrogens is 1. The predicted molar refractivity (Wildman–Crippen MR) is 61.5 cm³/mol. The van der Waals surface area contributed by atoms with E-state index in [9.17, 15) is 8.42 Å². The molecule has 0 radical (unpaired) electrons. The quantitative estimate of drug-likeness (QED) is 0.791. The smallest absolute Gasteiger partial charge is 0.211 e. The molecule has 0 unspecified atom stereocenters. The largest absolute Gasteiger partial charge is 0.444 e. The summed E-state index contributed by atoms with van der Waals surface area (Å²) in [4.78, 5) is 4.07. The van der Waals surface area contributed by atoms with Crippen LogP contribution in [0, 0.1) is 0 Å². The summed E-state index contributed by atoms with van der Waals surface area (Å²) in [7, 11) is -3.19. The molecule has 0 amide bonds. The van der Waals surface area contributed by atoms with Crippen molar-refractivity contribution < 1.29 is 12.8 Å². The lowest BCUT2D eigenvalue weighted by molar-refractivity contribution is 0.354. The van der Waals surface area contributed by atoms with Crippen LogP contribution in [0.4, 0.5) is 0 Å². The van der Waals surface area contributed by atoms with Crippen molar-refractivity contribution in [3.63, 3.8) is 0 Å². The number of sulfonamides is 1. The van der Waals surface area contributed by atoms with Crippen molar-refractivity contribution in [2.24, 2.45) is 0 Å². The molecule has 1 aromatic heterocycles. The summed E-state index contributed by atoms with van der Waals surface area (Å²) in [5, 5.41) is 0. The lowest BCUT2D eigenvalue weighted by atomic mass is 10.2. The van der Waals surface area contributed by atoms with Gasteiger partial charge in [0.05, 0.1) is 19.0 Å². The summed E-state index contributed by atoms with van der Waals surface area (Å²) in [6.45, 7) is 6.39. The Balaban J connectivity index is 2.79. The maximum absolute atomic E-state index is 11.4. The van der Waals surface area contributed by atoms with Gasteiger partial charge in [-0.1, -0.05) is 20.8 Å². The van der Waals surface area contributed by atoms with E-state index in [1.54, 1.807) is 13.1 Å². The number of nitrogens with zero attached hydrogens (tertiary/aromatic N) is 2. The van der Waals surface area contributed by atoms with Gasteiger partial charge < -0.3 is 4.42 Å². The van der Waals surface area contributed by atoms with Crippen LogP contribution in [0.3, 0.4) is 0 Å². The van der Waals surface area contributed by atoms with Gasteiger partial charge in [0.15, 0.2) is 0 Å². The van der Waals surface area contributed by atoms with Gasteiger partial charge in [0.1, 0.15) is 5.76 Å². The normalized spacial score (nSPS) is 12.6. The van der Waals surface area contributed by atoms with Crippen LogP contribution in [0.5, 0.6) is 0 Å². The molecule has 0 saturated heterocycles. The Hall–Kier alpha value is -0.880. The molecule has 0 N–H and O–H groups in total. The van der Waals surface area contributed by atoms with Gasteiger partial charge in [-0.05, 0) is 0 Å². The van der Waals surface area contributed by atoms with Crippen molar-refractivity contribution in [2.75, 3.05) is 12.8 Å². The third-order valence-corrected chi connectivity index (χ3v) is 3.60. The van der Waals surface area contributed by atoms with E-state index < -0.39 is 10.0 Å². The monoisotopic (exact) mass is 246 g/mol. The fourth-order valence-corrected chi connectivity index (χ4v) is 2.09. The average Bonchev–Trinajstić information content (AvgIpc) is 2.60. The first-order valence-electron chi connectivity index (χ1n) is 5.24. The molecule has 6 heteroatoms. The molecule has 0 bridgehead atoms. The molecule has 0 saturated carbocycles. The molecular formula is C10H18N2O3S. The van der Waals surface area contributed by atoms with Gasteiger partial charge in [0.2, 0.25) is 15.9 Å². The second kappa shape index (κ2) is 4.97. The Morgan fingerprint density at radius 2 is 2.12 bits per heavy atom. The molecule has 1 heterocycles. The van der Waals surface area contributed by atoms with Gasteiger partial charge in [-0.2, -0.15) is 4.31 Å². The van der Waals surface area contributed by atoms with Crippen LogP contribution in [-0.4, -0.2) is 30.5 Å². The summed E-state index contributed by atoms with van der Waals surface area (Å²) < 4.78 is 29.5. The number of rotatable bonds is 5. The Morgan fingerprint density at radius 1 is 1.50 bits per heavy atom. The zero-order chi connectivity index (χ0) is 12.3. The number of oxazole rings is 1. The Bertz CT molecular complexity index is 437. The number of hydrogen-bond donors (Lipinski definition) is 0. The highest BCUT2D eigenvalue weighted by molar-refractivity contribution is 7.88. The standard InChI is InChI=1S/C10H18N2O3S/c1-5-12(16(4,13)14)7-10-11-6-9(15-10)8(2)3/h6,8H,5,7H2,1-4H3. The summed E-state index contributed by atoms with van der Waals surface area (Å²) in [6, 6.07) is 0. The Kier molecular flexibility index (Phi) is 4.09. The van der Waals surface area contributed by atoms with Crippen LogP contribution in [0.2, 0.25) is 0 Å². The van der Waals surface area contributed by atoms with Crippen molar-refractivity contribution >= 4 is 10.0 Å². The first kappa shape index (κ1) is 13.2. The van der Waals surface area contributed by atoms with Crippen LogP contribution in [-0.2, 0) is 16.6 Å². The predicted octanol–water partition coefficient (Wildman–Crippen LogP) is 1.58. The lowest BCUT2D eigenvalue weighted by Gasteiger charge is -2.15. The van der Waals surface area contributed by atoms with E-state index in [4.69, 9.17) is 4.42 Å². The summed E-state index contributed by atoms with van der Waals surface area (Å²) >= 11 is 0. The van der Waals surface area contributed by atoms with E-state index in [-0.39, 0.29) is 12.5 Å². The van der Waals surface area contributed by atoms with Gasteiger partial charge in [0.25, 0.3) is 0 Å². The van der Waals surface area contributed by atoms with Gasteiger partial charge in [-0.3, -0.25) is 0 Å². The second-order valence-corrected chi connectivity index (χ2v) is 5.98. The molecule has 0 aromatic carbocycles. The molecule has 92 valence electrons. The maximum Gasteiger partial charge on any atom is 0.211 e. The molecule has 0 aliphatic carbocycles. The maximum atomic E-state index is 11.4. The third kappa shape index (κ3) is 3.31. The van der Waals surface area contributed by atoms with Gasteiger partial charge >= 0.3 is 0 Å². The average molecular weight is 246 g/mol. The molecule has 16 heavy (non-hydrogen) atoms. The Morgan fingerprint density at radius 3 is 2.50 bits per heavy atom. The highest BCUT2D eigenvalue weighted by Crippen LogP contribution is 2.16. The van der Waals surface area contributed by atoms with E-state index in [0.29, 0.717) is 12.4 Å². The zero-order valence-electron chi connectivity index (χ0n) is 10.1. The van der Waals surface area contributed by atoms with Crippen molar-refractivity contribution in [1.82, 2.24) is 9.29 Å². The minimum absolute atomic E-state index is 0.196. The summed E-state index contributed by atoms with van der Waals surface area (Å²) in [5.41, 5.74) is 0. The molecular weight excluding hydrogens is 228 g/mol. The van der Waals surface area contributed by atoms with Crippen molar-refractivity contribution in [3.8, 4) is 0 Å². The van der Waals surface area contributed by atoms with Gasteiger partial charge in [-0.15, -0.1) is 0 Å². The molecule has 0 aliphatic rings. The van der Waals surface area contributed by atoms with E-state index in [1.165, 1.54) is 10.6 Å². The van der Waals surface area contributed by atoms with E-state index in [1.807, 2.05) is 13.8 Å². The topological polar surface area (TPSA) is 63.4 Å². The molecule has 0 aliphatic heterocycles. The van der Waals surface area contributed by atoms with Crippen LogP contribution in [0.15, 0.2) is 10.6 Å². The summed E-state index contributed by atoms with van der Waals surface area (Å²) in [5.74, 6) is 1.48. The lowest BCUT2D eigenvalue weighted by Crippen LogP contribution is -2.29. The van der Waals surface area contributed by atoms with E-state index in [2.05, 4.69) is 4.98 Å². The van der Waals surface area contributed by atoms with Gasteiger partial charge in [-0.25, -0.2) is 13.4 Å². The van der Waals surface area contributed by atoms with E-state index in [0.717, 1.165) is 5.76 Å². The minimum Gasteiger partial charge on any atom is -0.444 e. The minimum atomic E-state index is -3.19. The zero-order valence-corrected chi connectivity index (χ0v) is 10.9. The first-order valence-corrected chi connectivity index (χ1v) is 7.09. The van der Waals surface area contributed by atoms with E-state index >= 15 is 0 Å². The van der Waals surface area contributed by atoms with Crippen LogP contribution in [0.25, 0.3) is 0 Å². The van der Waals surface area contributed by atoms with Crippen LogP contribution >= 0.6 is 0 Å². The molecule has 1 aromatic rings.